The molecule has 0 aliphatic carbocycles. The SMILES string of the molecule is C[C@@H](O)[C@H](NCC(=O)[C@H](CCCCNC(=O)CC[C@H](NC(=O)CC[C@H](CC(=O)CC[C@H](NC(=O)CCCCCCCCCCCCCCCCC(=O)O)C(=O)O)C(=O)O)C(=O)O)CCC(=O)[C@@H](N)Cc1cnc[nH]1)C(=O)O. The van der Waals surface area contributed by atoms with Gasteiger partial charge >= 0.3 is 29.8 Å². The van der Waals surface area contributed by atoms with Crippen molar-refractivity contribution in [1.29, 1.82) is 0 Å². The number of unbranched alkanes of at least 4 members (excludes halogenated alkanes) is 14. The molecule has 0 spiro atoms. The highest BCUT2D eigenvalue weighted by Gasteiger charge is 2.29. The van der Waals surface area contributed by atoms with Crippen LogP contribution in [0.2, 0.25) is 0 Å². The molecule has 77 heavy (non-hydrogen) atoms. The van der Waals surface area contributed by atoms with E-state index in [0.717, 1.165) is 70.6 Å². The van der Waals surface area contributed by atoms with Gasteiger partial charge in [0.2, 0.25) is 17.7 Å². The van der Waals surface area contributed by atoms with Gasteiger partial charge in [0.15, 0.2) is 0 Å². The van der Waals surface area contributed by atoms with Gasteiger partial charge in [-0.3, -0.25) is 48.5 Å². The molecular weight excluding hydrogens is 1010 g/mol. The summed E-state index contributed by atoms with van der Waals surface area (Å²) in [5.74, 6) is -11.4. The molecule has 13 N–H and O–H groups in total. The molecular formula is C53H87N7O17. The Morgan fingerprint density at radius 2 is 1.05 bits per heavy atom. The second-order valence-corrected chi connectivity index (χ2v) is 20.0. The van der Waals surface area contributed by atoms with E-state index in [1.165, 1.54) is 32.3 Å². The number of carboxylic acids is 5. The Kier molecular flexibility index (Phi) is 36.7. The van der Waals surface area contributed by atoms with Crippen LogP contribution in [-0.4, -0.2) is 149 Å². The molecule has 3 amide bonds. The topological polar surface area (TPSA) is 412 Å². The monoisotopic (exact) mass is 1090 g/mol. The molecule has 0 saturated carbocycles. The predicted molar refractivity (Wildman–Crippen MR) is 280 cm³/mol. The number of ketones is 3. The summed E-state index contributed by atoms with van der Waals surface area (Å²) in [5.41, 5.74) is 6.72. The minimum absolute atomic E-state index is 0.0318. The number of aliphatic hydroxyl groups is 1. The molecule has 1 rings (SSSR count). The van der Waals surface area contributed by atoms with Crippen LogP contribution >= 0.6 is 0 Å². The van der Waals surface area contributed by atoms with Gasteiger partial charge in [0.25, 0.3) is 0 Å². The zero-order chi connectivity index (χ0) is 57.5. The Bertz CT molecular complexity index is 1980. The zero-order valence-corrected chi connectivity index (χ0v) is 44.8. The first-order valence-corrected chi connectivity index (χ1v) is 27.3. The van der Waals surface area contributed by atoms with Crippen LogP contribution in [0.5, 0.6) is 0 Å². The fourth-order valence-corrected chi connectivity index (χ4v) is 8.67. The number of imidazole rings is 1. The van der Waals surface area contributed by atoms with E-state index in [1.54, 1.807) is 0 Å². The average Bonchev–Trinajstić information content (AvgIpc) is 3.88. The van der Waals surface area contributed by atoms with Crippen LogP contribution in [0.4, 0.5) is 0 Å². The number of aliphatic carboxylic acids is 5. The number of nitrogens with two attached hydrogens (primary N) is 1. The van der Waals surface area contributed by atoms with E-state index in [4.69, 9.17) is 10.8 Å². The molecule has 1 heterocycles. The number of hydrogen-bond donors (Lipinski definition) is 12. The average molecular weight is 1090 g/mol. The van der Waals surface area contributed by atoms with Crippen molar-refractivity contribution in [1.82, 2.24) is 31.2 Å². The number of hydrogen-bond acceptors (Lipinski definition) is 15. The van der Waals surface area contributed by atoms with Gasteiger partial charge in [0, 0.05) is 75.7 Å². The number of rotatable bonds is 50. The smallest absolute Gasteiger partial charge is 0.326 e. The predicted octanol–water partition coefficient (Wildman–Crippen LogP) is 3.99. The lowest BCUT2D eigenvalue weighted by Gasteiger charge is -2.20. The number of aliphatic hydroxyl groups excluding tert-OH is 1. The molecule has 0 unspecified atom stereocenters. The zero-order valence-electron chi connectivity index (χ0n) is 44.8. The molecule has 0 aromatic carbocycles. The van der Waals surface area contributed by atoms with Crippen molar-refractivity contribution in [2.75, 3.05) is 13.1 Å². The third-order valence-electron chi connectivity index (χ3n) is 13.4. The summed E-state index contributed by atoms with van der Waals surface area (Å²) < 4.78 is 0. The quantitative estimate of drug-likeness (QED) is 0.0410. The van der Waals surface area contributed by atoms with E-state index in [-0.39, 0.29) is 95.3 Å². The van der Waals surface area contributed by atoms with Crippen LogP contribution < -0.4 is 27.0 Å². The molecule has 0 saturated heterocycles. The third-order valence-corrected chi connectivity index (χ3v) is 13.4. The Labute approximate surface area is 450 Å². The molecule has 436 valence electrons. The fourth-order valence-electron chi connectivity index (χ4n) is 8.67. The minimum Gasteiger partial charge on any atom is -0.481 e. The molecule has 24 heteroatoms. The Hall–Kier alpha value is -6.14. The van der Waals surface area contributed by atoms with Gasteiger partial charge in [-0.1, -0.05) is 83.5 Å². The summed E-state index contributed by atoms with van der Waals surface area (Å²) in [6.45, 7) is 1.01. The van der Waals surface area contributed by atoms with Crippen molar-refractivity contribution in [2.24, 2.45) is 17.6 Å². The molecule has 7 atom stereocenters. The number of nitrogens with zero attached hydrogens (tertiary/aromatic N) is 1. The van der Waals surface area contributed by atoms with Gasteiger partial charge in [-0.05, 0) is 58.3 Å². The number of carbonyl (C=O) groups excluding carboxylic acids is 6. The lowest BCUT2D eigenvalue weighted by atomic mass is 9.89. The van der Waals surface area contributed by atoms with E-state index in [0.29, 0.717) is 25.0 Å². The van der Waals surface area contributed by atoms with Gasteiger partial charge < -0.3 is 57.3 Å². The van der Waals surface area contributed by atoms with Crippen molar-refractivity contribution in [3.8, 4) is 0 Å². The van der Waals surface area contributed by atoms with Gasteiger partial charge in [0.05, 0.1) is 30.9 Å². The van der Waals surface area contributed by atoms with Crippen molar-refractivity contribution >= 4 is 64.9 Å². The number of Topliss-reactive ketones (excluding diaryl/α,β-unsaturated/α-hetero) is 3. The second kappa shape index (κ2) is 41.0. The maximum Gasteiger partial charge on any atom is 0.326 e. The van der Waals surface area contributed by atoms with E-state index >= 15 is 0 Å². The minimum atomic E-state index is -1.51. The fraction of sp³-hybridized carbons (Fsp3) is 0.736. The Morgan fingerprint density at radius 1 is 0.545 bits per heavy atom. The van der Waals surface area contributed by atoms with Crippen LogP contribution in [-0.2, 0) is 59.2 Å². The third kappa shape index (κ3) is 34.3. The Balaban J connectivity index is 2.46. The van der Waals surface area contributed by atoms with E-state index in [1.807, 2.05) is 0 Å². The molecule has 0 radical (unpaired) electrons. The molecule has 0 aliphatic heterocycles. The van der Waals surface area contributed by atoms with Crippen molar-refractivity contribution in [3.05, 3.63) is 18.2 Å². The van der Waals surface area contributed by atoms with Crippen molar-refractivity contribution < 1.29 is 83.4 Å². The number of carboxylic acid groups (broad SMARTS) is 5. The summed E-state index contributed by atoms with van der Waals surface area (Å²) in [7, 11) is 0. The van der Waals surface area contributed by atoms with Gasteiger partial charge in [0.1, 0.15) is 35.5 Å². The first kappa shape index (κ1) is 68.9. The first-order chi connectivity index (χ1) is 36.6. The number of aromatic amines is 1. The number of aromatic nitrogens is 2. The number of amides is 3. The van der Waals surface area contributed by atoms with Crippen LogP contribution in [0, 0.1) is 11.8 Å². The Morgan fingerprint density at radius 3 is 1.55 bits per heavy atom. The largest absolute Gasteiger partial charge is 0.481 e. The molecule has 0 aliphatic rings. The maximum absolute atomic E-state index is 13.2. The summed E-state index contributed by atoms with van der Waals surface area (Å²) in [4.78, 5) is 141. The van der Waals surface area contributed by atoms with Gasteiger partial charge in [-0.15, -0.1) is 0 Å². The van der Waals surface area contributed by atoms with E-state index in [2.05, 4.69) is 31.2 Å². The summed E-state index contributed by atoms with van der Waals surface area (Å²) in [6.07, 6.45) is 14.9. The first-order valence-electron chi connectivity index (χ1n) is 27.3. The van der Waals surface area contributed by atoms with Crippen molar-refractivity contribution in [3.63, 3.8) is 0 Å². The van der Waals surface area contributed by atoms with Gasteiger partial charge in [-0.2, -0.15) is 0 Å². The summed E-state index contributed by atoms with van der Waals surface area (Å²) in [5, 5.41) is 66.9. The second-order valence-electron chi connectivity index (χ2n) is 20.0. The standard InChI is InChI=1S/C53H87N7O17/c1-35(61)49(53(76)77)57-33-44(64)36(21-26-43(63)40(54)31-38-32-55-34-58-38)18-16-17-29-56-45(65)28-25-42(52(74)75)60-47(67)27-22-37(50(70)71)30-39(62)23-24-41(51(72)73)59-46(66)19-14-12-10-8-6-4-2-3-5-7-9-11-13-15-20-48(68)69/h32,34-37,40-42,49,57,61H,2-31,33,54H2,1H3,(H,55,58)(H,56,65)(H,59,66)(H,60,67)(H,68,69)(H,70,71)(H,72,73)(H,74,75)(H,76,77)/t35-,36-,37-,40+,41+,42+,49+/m1/s1. The molecule has 24 nitrogen and oxygen atoms in total. The number of nitrogens with one attached hydrogen (secondary N) is 5. The van der Waals surface area contributed by atoms with Crippen molar-refractivity contribution in [2.45, 2.75) is 223 Å². The molecule has 1 aromatic heterocycles. The molecule has 0 bridgehead atoms. The lowest BCUT2D eigenvalue weighted by molar-refractivity contribution is -0.145. The lowest BCUT2D eigenvalue weighted by Crippen LogP contribution is -2.47. The van der Waals surface area contributed by atoms with Crippen LogP contribution in [0.1, 0.15) is 192 Å². The van der Waals surface area contributed by atoms with Crippen LogP contribution in [0.25, 0.3) is 0 Å². The highest BCUT2D eigenvalue weighted by Crippen LogP contribution is 2.19. The van der Waals surface area contributed by atoms with E-state index < -0.39 is 108 Å². The van der Waals surface area contributed by atoms with Gasteiger partial charge in [-0.25, -0.2) is 14.6 Å². The van der Waals surface area contributed by atoms with E-state index in [9.17, 15) is 78.3 Å². The highest BCUT2D eigenvalue weighted by molar-refractivity contribution is 5.88. The normalized spacial score (nSPS) is 14.0. The maximum atomic E-state index is 13.2. The summed E-state index contributed by atoms with van der Waals surface area (Å²) >= 11 is 0. The van der Waals surface area contributed by atoms with Crippen LogP contribution in [0.3, 0.4) is 0 Å². The number of H-pyrrole nitrogens is 1. The highest BCUT2D eigenvalue weighted by atomic mass is 16.4. The molecule has 0 fully saturated rings. The number of carbonyl (C=O) groups is 11. The molecule has 1 aromatic rings. The van der Waals surface area contributed by atoms with Crippen LogP contribution in [0.15, 0.2) is 12.5 Å². The summed E-state index contributed by atoms with van der Waals surface area (Å²) in [6, 6.07) is -5.12.